The van der Waals surface area contributed by atoms with Crippen molar-refractivity contribution < 1.29 is 4.39 Å². The van der Waals surface area contributed by atoms with E-state index in [1.54, 1.807) is 6.07 Å². The van der Waals surface area contributed by atoms with Gasteiger partial charge in [-0.3, -0.25) is 0 Å². The lowest BCUT2D eigenvalue weighted by atomic mass is 10.00. The van der Waals surface area contributed by atoms with E-state index >= 15 is 0 Å². The van der Waals surface area contributed by atoms with Gasteiger partial charge in [-0.15, -0.1) is 0 Å². The molecule has 1 aromatic carbocycles. The van der Waals surface area contributed by atoms with Crippen LogP contribution in [0.25, 0.3) is 0 Å². The van der Waals surface area contributed by atoms with Crippen LogP contribution in [0.4, 0.5) is 10.1 Å². The molecule has 2 heteroatoms. The Bertz CT molecular complexity index is 296. The van der Waals surface area contributed by atoms with Crippen molar-refractivity contribution in [3.8, 4) is 0 Å². The number of para-hydroxylation sites is 1. The van der Waals surface area contributed by atoms with Gasteiger partial charge in [0.25, 0.3) is 0 Å². The number of hydrogen-bond donors (Lipinski definition) is 0. The van der Waals surface area contributed by atoms with E-state index in [-0.39, 0.29) is 5.82 Å². The predicted octanol–water partition coefficient (Wildman–Crippen LogP) is 3.62. The lowest BCUT2D eigenvalue weighted by Crippen LogP contribution is -2.45. The summed E-state index contributed by atoms with van der Waals surface area (Å²) in [4.78, 5) is 2.11. The number of anilines is 1. The molecule has 1 fully saturated rings. The van der Waals surface area contributed by atoms with Crippen LogP contribution in [0.1, 0.15) is 26.3 Å². The number of benzene rings is 1. The predicted molar refractivity (Wildman–Crippen MR) is 63.9 cm³/mol. The molecule has 0 N–H and O–H groups in total. The lowest BCUT2D eigenvalue weighted by molar-refractivity contribution is 0.438. The monoisotopic (exact) mass is 209 g/mol. The zero-order chi connectivity index (χ0) is 11.4. The second-order valence-corrected chi connectivity index (χ2v) is 3.92. The molecule has 1 heterocycles. The van der Waals surface area contributed by atoms with Crippen molar-refractivity contribution in [3.05, 3.63) is 29.6 Å². The topological polar surface area (TPSA) is 3.24 Å². The van der Waals surface area contributed by atoms with Crippen molar-refractivity contribution in [3.63, 3.8) is 0 Å². The molecule has 0 aromatic heterocycles. The molecule has 1 saturated heterocycles. The average molecular weight is 209 g/mol. The first kappa shape index (κ1) is 12.0. The third-order valence-corrected chi connectivity index (χ3v) is 2.57. The number of aryl methyl sites for hydroxylation is 1. The van der Waals surface area contributed by atoms with Crippen molar-refractivity contribution in [2.24, 2.45) is 5.92 Å². The Morgan fingerprint density at radius 1 is 1.27 bits per heavy atom. The Kier molecular flexibility index (Phi) is 4.13. The summed E-state index contributed by atoms with van der Waals surface area (Å²) < 4.78 is 13.4. The zero-order valence-electron chi connectivity index (χ0n) is 10.0. The Balaban J connectivity index is 0.000000531. The smallest absolute Gasteiger partial charge is 0.146 e. The lowest BCUT2D eigenvalue weighted by Gasteiger charge is -2.40. The van der Waals surface area contributed by atoms with Crippen LogP contribution in [0.2, 0.25) is 0 Å². The van der Waals surface area contributed by atoms with Gasteiger partial charge in [-0.25, -0.2) is 4.39 Å². The van der Waals surface area contributed by atoms with Crippen molar-refractivity contribution in [2.45, 2.75) is 27.7 Å². The first-order chi connectivity index (χ1) is 7.18. The van der Waals surface area contributed by atoms with Gasteiger partial charge in [0.1, 0.15) is 5.82 Å². The van der Waals surface area contributed by atoms with E-state index < -0.39 is 0 Å². The molecule has 2 rings (SSSR count). The van der Waals surface area contributed by atoms with Crippen molar-refractivity contribution in [2.75, 3.05) is 18.0 Å². The highest BCUT2D eigenvalue weighted by molar-refractivity contribution is 5.55. The van der Waals surface area contributed by atoms with Crippen LogP contribution in [0.3, 0.4) is 0 Å². The highest BCUT2D eigenvalue weighted by atomic mass is 19.1. The fraction of sp³-hybridized carbons (Fsp3) is 0.538. The number of hydrogen-bond acceptors (Lipinski definition) is 1. The van der Waals surface area contributed by atoms with E-state index in [1.165, 1.54) is 6.07 Å². The van der Waals surface area contributed by atoms with E-state index in [0.717, 1.165) is 24.3 Å². The molecule has 15 heavy (non-hydrogen) atoms. The molecule has 0 amide bonds. The average Bonchev–Trinajstić information content (AvgIpc) is 2.18. The maximum atomic E-state index is 13.4. The van der Waals surface area contributed by atoms with Gasteiger partial charge >= 0.3 is 0 Å². The van der Waals surface area contributed by atoms with Gasteiger partial charge < -0.3 is 4.90 Å². The Morgan fingerprint density at radius 2 is 1.87 bits per heavy atom. The van der Waals surface area contributed by atoms with Crippen LogP contribution in [0, 0.1) is 18.7 Å². The second-order valence-electron chi connectivity index (χ2n) is 3.92. The second kappa shape index (κ2) is 5.15. The molecular weight excluding hydrogens is 189 g/mol. The minimum Gasteiger partial charge on any atom is -0.368 e. The summed E-state index contributed by atoms with van der Waals surface area (Å²) in [6, 6.07) is 5.25. The van der Waals surface area contributed by atoms with Gasteiger partial charge in [-0.05, 0) is 24.5 Å². The molecule has 0 spiro atoms. The van der Waals surface area contributed by atoms with Crippen LogP contribution in [-0.2, 0) is 0 Å². The summed E-state index contributed by atoms with van der Waals surface area (Å²) in [7, 11) is 0. The molecule has 0 bridgehead atoms. The van der Waals surface area contributed by atoms with Gasteiger partial charge in [-0.2, -0.15) is 0 Å². The van der Waals surface area contributed by atoms with Gasteiger partial charge in [0.15, 0.2) is 0 Å². The van der Waals surface area contributed by atoms with Crippen LogP contribution in [-0.4, -0.2) is 13.1 Å². The Morgan fingerprint density at radius 3 is 2.33 bits per heavy atom. The number of halogens is 1. The zero-order valence-corrected chi connectivity index (χ0v) is 10.0. The van der Waals surface area contributed by atoms with Crippen LogP contribution < -0.4 is 4.90 Å². The Hall–Kier alpha value is -1.05. The van der Waals surface area contributed by atoms with Gasteiger partial charge in [0.05, 0.1) is 5.69 Å². The largest absolute Gasteiger partial charge is 0.368 e. The highest BCUT2D eigenvalue weighted by Crippen LogP contribution is 2.29. The molecule has 0 aliphatic carbocycles. The first-order valence-electron chi connectivity index (χ1n) is 5.68. The molecule has 0 atom stereocenters. The van der Waals surface area contributed by atoms with Crippen molar-refractivity contribution >= 4 is 5.69 Å². The van der Waals surface area contributed by atoms with Crippen molar-refractivity contribution in [1.29, 1.82) is 0 Å². The van der Waals surface area contributed by atoms with E-state index in [1.807, 2.05) is 26.8 Å². The van der Waals surface area contributed by atoms with E-state index in [0.29, 0.717) is 5.92 Å². The standard InChI is InChI=1S/C11H14FN.C2H6/c1-8-6-13(7-8)11-9(2)4-3-5-10(11)12;1-2/h3-5,8H,6-7H2,1-2H3;1-2H3. The Labute approximate surface area is 91.9 Å². The minimum absolute atomic E-state index is 0.0908. The summed E-state index contributed by atoms with van der Waals surface area (Å²) in [6.45, 7) is 10.1. The van der Waals surface area contributed by atoms with E-state index in [9.17, 15) is 4.39 Å². The summed E-state index contributed by atoms with van der Waals surface area (Å²) in [6.07, 6.45) is 0. The van der Waals surface area contributed by atoms with Gasteiger partial charge in [-0.1, -0.05) is 32.9 Å². The van der Waals surface area contributed by atoms with Gasteiger partial charge in [0, 0.05) is 13.1 Å². The summed E-state index contributed by atoms with van der Waals surface area (Å²) in [5.74, 6) is 0.617. The highest BCUT2D eigenvalue weighted by Gasteiger charge is 2.25. The normalized spacial score (nSPS) is 15.4. The molecule has 0 saturated carbocycles. The maximum absolute atomic E-state index is 13.4. The SMILES string of the molecule is CC.Cc1cccc(F)c1N1CC(C)C1. The summed E-state index contributed by atoms with van der Waals surface area (Å²) in [5.41, 5.74) is 1.83. The quantitative estimate of drug-likeness (QED) is 0.683. The molecule has 1 aliphatic heterocycles. The molecule has 1 aliphatic rings. The number of rotatable bonds is 1. The van der Waals surface area contributed by atoms with Crippen LogP contribution in [0.15, 0.2) is 18.2 Å². The molecule has 0 radical (unpaired) electrons. The first-order valence-corrected chi connectivity index (χ1v) is 5.68. The summed E-state index contributed by atoms with van der Waals surface area (Å²) in [5, 5.41) is 0. The third kappa shape index (κ3) is 2.49. The molecular formula is C13H20FN. The fourth-order valence-electron chi connectivity index (χ4n) is 1.91. The van der Waals surface area contributed by atoms with Crippen LogP contribution in [0.5, 0.6) is 0 Å². The van der Waals surface area contributed by atoms with E-state index in [4.69, 9.17) is 0 Å². The van der Waals surface area contributed by atoms with Crippen molar-refractivity contribution in [1.82, 2.24) is 0 Å². The maximum Gasteiger partial charge on any atom is 0.146 e. The molecule has 0 unspecified atom stereocenters. The molecule has 1 nitrogen and oxygen atoms in total. The van der Waals surface area contributed by atoms with Crippen LogP contribution >= 0.6 is 0 Å². The van der Waals surface area contributed by atoms with Gasteiger partial charge in [0.2, 0.25) is 0 Å². The van der Waals surface area contributed by atoms with E-state index in [2.05, 4.69) is 11.8 Å². The fourth-order valence-corrected chi connectivity index (χ4v) is 1.91. The minimum atomic E-state index is -0.0908. The molecule has 1 aromatic rings. The molecule has 84 valence electrons. The third-order valence-electron chi connectivity index (χ3n) is 2.57. The number of nitrogens with zero attached hydrogens (tertiary/aromatic N) is 1. The summed E-state index contributed by atoms with van der Waals surface area (Å²) >= 11 is 0.